The van der Waals surface area contributed by atoms with E-state index >= 15 is 0 Å². The molecule has 0 saturated heterocycles. The van der Waals surface area contributed by atoms with Crippen molar-refractivity contribution in [2.24, 2.45) is 0 Å². The van der Waals surface area contributed by atoms with Crippen molar-refractivity contribution in [1.82, 2.24) is 19.9 Å². The number of fused-ring (bicyclic) bond motifs is 2. The minimum absolute atomic E-state index is 0.154. The number of benzene rings is 2. The topological polar surface area (TPSA) is 85.3 Å². The monoisotopic (exact) mass is 451 g/mol. The lowest BCUT2D eigenvalue weighted by Gasteiger charge is -2.15. The van der Waals surface area contributed by atoms with Gasteiger partial charge < -0.3 is 11.1 Å². The molecule has 0 spiro atoms. The molecule has 7 heteroatoms. The number of hydrogen-bond acceptors (Lipinski definition) is 5. The highest BCUT2D eigenvalue weighted by Crippen LogP contribution is 2.42. The summed E-state index contributed by atoms with van der Waals surface area (Å²) >= 11 is 1.67. The van der Waals surface area contributed by atoms with Gasteiger partial charge in [-0.05, 0) is 43.7 Å². The lowest BCUT2D eigenvalue weighted by atomic mass is 9.98. The van der Waals surface area contributed by atoms with Crippen LogP contribution >= 0.6 is 11.3 Å². The average molecular weight is 452 g/mol. The normalized spacial score (nSPS) is 11.8. The summed E-state index contributed by atoms with van der Waals surface area (Å²) in [6.45, 7) is 3.82. The highest BCUT2D eigenvalue weighted by molar-refractivity contribution is 7.19. The van der Waals surface area contributed by atoms with E-state index in [1.54, 1.807) is 29.8 Å². The summed E-state index contributed by atoms with van der Waals surface area (Å²) in [6.07, 6.45) is 3.34. The van der Waals surface area contributed by atoms with Gasteiger partial charge in [-0.25, -0.2) is 9.50 Å². The molecule has 0 bridgehead atoms. The molecule has 5 rings (SSSR count). The van der Waals surface area contributed by atoms with Gasteiger partial charge in [0.2, 0.25) is 0 Å². The van der Waals surface area contributed by atoms with Crippen LogP contribution in [0.3, 0.4) is 0 Å². The molecule has 3 N–H and O–H groups in total. The van der Waals surface area contributed by atoms with Crippen LogP contribution < -0.4 is 11.1 Å². The molecule has 0 aliphatic rings. The van der Waals surface area contributed by atoms with Gasteiger partial charge in [0.15, 0.2) is 11.5 Å². The predicted octanol–water partition coefficient (Wildman–Crippen LogP) is 5.06. The minimum Gasteiger partial charge on any atom is -0.381 e. The van der Waals surface area contributed by atoms with Gasteiger partial charge in [0.05, 0.1) is 6.04 Å². The Bertz CT molecular complexity index is 1560. The molecule has 3 aromatic heterocycles. The first-order valence-electron chi connectivity index (χ1n) is 10.5. The number of nitrogen functional groups attached to an aromatic ring is 1. The Morgan fingerprint density at radius 1 is 1.18 bits per heavy atom. The first-order chi connectivity index (χ1) is 16.1. The highest BCUT2D eigenvalue weighted by atomic mass is 32.1. The molecule has 3 heterocycles. The van der Waals surface area contributed by atoms with Gasteiger partial charge in [0, 0.05) is 38.5 Å². The number of amides is 1. The lowest BCUT2D eigenvalue weighted by molar-refractivity contribution is 0.0943. The van der Waals surface area contributed by atoms with E-state index in [0.717, 1.165) is 31.7 Å². The first kappa shape index (κ1) is 20.7. The van der Waals surface area contributed by atoms with Gasteiger partial charge >= 0.3 is 0 Å². The summed E-state index contributed by atoms with van der Waals surface area (Å²) in [5.41, 5.74) is 9.94. The Kier molecular flexibility index (Phi) is 5.29. The standard InChI is InChI=1S/C26H21N5OS/c1-3-8-17-11-12-20-19(15-17)21(18-9-5-4-6-10-18)23(33-20)16(2)29-26(32)22-24(27)30-31-14-7-13-28-25(22)31/h4-7,9-16H,1-2H3,(H2,27,30)(H,29,32). The Balaban J connectivity index is 1.59. The van der Waals surface area contributed by atoms with E-state index in [-0.39, 0.29) is 23.3 Å². The van der Waals surface area contributed by atoms with Gasteiger partial charge in [-0.2, -0.15) is 0 Å². The van der Waals surface area contributed by atoms with Crippen LogP contribution in [0.4, 0.5) is 5.82 Å². The molecule has 0 aliphatic heterocycles. The molecule has 0 radical (unpaired) electrons. The second kappa shape index (κ2) is 8.41. The highest BCUT2D eigenvalue weighted by Gasteiger charge is 2.24. The largest absolute Gasteiger partial charge is 0.381 e. The zero-order chi connectivity index (χ0) is 22.9. The predicted molar refractivity (Wildman–Crippen MR) is 133 cm³/mol. The van der Waals surface area contributed by atoms with Gasteiger partial charge in [-0.3, -0.25) is 4.79 Å². The second-order valence-corrected chi connectivity index (χ2v) is 8.72. The summed E-state index contributed by atoms with van der Waals surface area (Å²) in [6, 6.07) is 17.9. The molecule has 1 amide bonds. The number of hydrogen-bond donors (Lipinski definition) is 2. The molecule has 5 aromatic rings. The fraction of sp³-hybridized carbons (Fsp3) is 0.115. The molecular formula is C26H21N5OS. The minimum atomic E-state index is -0.303. The van der Waals surface area contributed by atoms with Crippen molar-refractivity contribution < 1.29 is 4.79 Å². The van der Waals surface area contributed by atoms with Gasteiger partial charge in [-0.15, -0.1) is 22.4 Å². The van der Waals surface area contributed by atoms with E-state index in [1.165, 1.54) is 4.52 Å². The molecule has 1 unspecified atom stereocenters. The summed E-state index contributed by atoms with van der Waals surface area (Å²) in [5, 5.41) is 8.44. The molecule has 6 nitrogen and oxygen atoms in total. The SMILES string of the molecule is CC#Cc1ccc2sc(C(C)NC(=O)c3c(N)nn4cccnc34)c(-c3ccccc3)c2c1. The molecule has 162 valence electrons. The third-order valence-electron chi connectivity index (χ3n) is 5.44. The Morgan fingerprint density at radius 2 is 2.00 bits per heavy atom. The van der Waals surface area contributed by atoms with Crippen molar-refractivity contribution in [3.05, 3.63) is 83.0 Å². The number of thiophene rings is 1. The van der Waals surface area contributed by atoms with Crippen molar-refractivity contribution in [3.63, 3.8) is 0 Å². The quantitative estimate of drug-likeness (QED) is 0.374. The Labute approximate surface area is 195 Å². The first-order valence-corrected chi connectivity index (χ1v) is 11.3. The van der Waals surface area contributed by atoms with Gasteiger partial charge in [0.1, 0.15) is 5.56 Å². The molecule has 0 fully saturated rings. The van der Waals surface area contributed by atoms with Crippen molar-refractivity contribution in [2.45, 2.75) is 19.9 Å². The fourth-order valence-electron chi connectivity index (χ4n) is 4.00. The maximum Gasteiger partial charge on any atom is 0.259 e. The van der Waals surface area contributed by atoms with E-state index in [2.05, 4.69) is 51.5 Å². The maximum absolute atomic E-state index is 13.2. The zero-order valence-corrected chi connectivity index (χ0v) is 19.0. The van der Waals surface area contributed by atoms with Gasteiger partial charge in [-0.1, -0.05) is 36.3 Å². The maximum atomic E-state index is 13.2. The average Bonchev–Trinajstić information content (AvgIpc) is 3.36. The van der Waals surface area contributed by atoms with Crippen LogP contribution in [-0.2, 0) is 0 Å². The molecule has 1 atom stereocenters. The van der Waals surface area contributed by atoms with Crippen LogP contribution in [0.25, 0.3) is 26.9 Å². The summed E-state index contributed by atoms with van der Waals surface area (Å²) in [7, 11) is 0. The lowest BCUT2D eigenvalue weighted by Crippen LogP contribution is -2.27. The van der Waals surface area contributed by atoms with E-state index in [1.807, 2.05) is 38.1 Å². The van der Waals surface area contributed by atoms with Crippen LogP contribution in [0.1, 0.15) is 40.7 Å². The number of carbonyl (C=O) groups is 1. The molecule has 2 aromatic carbocycles. The zero-order valence-electron chi connectivity index (χ0n) is 18.2. The Morgan fingerprint density at radius 3 is 2.79 bits per heavy atom. The number of aromatic nitrogens is 3. The van der Waals surface area contributed by atoms with E-state index in [4.69, 9.17) is 5.73 Å². The number of anilines is 1. The second-order valence-electron chi connectivity index (χ2n) is 7.64. The van der Waals surface area contributed by atoms with Crippen LogP contribution in [-0.4, -0.2) is 20.5 Å². The number of nitrogens with two attached hydrogens (primary N) is 1. The number of nitrogens with zero attached hydrogens (tertiary/aromatic N) is 3. The third kappa shape index (κ3) is 3.71. The number of carbonyl (C=O) groups excluding carboxylic acids is 1. The van der Waals surface area contributed by atoms with Crippen molar-refractivity contribution in [1.29, 1.82) is 0 Å². The Hall–Kier alpha value is -4.15. The summed E-state index contributed by atoms with van der Waals surface area (Å²) in [4.78, 5) is 18.6. The summed E-state index contributed by atoms with van der Waals surface area (Å²) in [5.74, 6) is 5.97. The molecule has 0 saturated carbocycles. The van der Waals surface area contributed by atoms with Gasteiger partial charge in [0.25, 0.3) is 5.91 Å². The van der Waals surface area contributed by atoms with Crippen LogP contribution in [0.5, 0.6) is 0 Å². The molecular weight excluding hydrogens is 430 g/mol. The smallest absolute Gasteiger partial charge is 0.259 e. The van der Waals surface area contributed by atoms with E-state index in [9.17, 15) is 4.79 Å². The van der Waals surface area contributed by atoms with Crippen LogP contribution in [0.2, 0.25) is 0 Å². The van der Waals surface area contributed by atoms with Crippen LogP contribution in [0, 0.1) is 11.8 Å². The number of nitrogens with one attached hydrogen (secondary N) is 1. The molecule has 33 heavy (non-hydrogen) atoms. The van der Waals surface area contributed by atoms with E-state index < -0.39 is 0 Å². The van der Waals surface area contributed by atoms with Crippen molar-refractivity contribution in [2.75, 3.05) is 5.73 Å². The third-order valence-corrected chi connectivity index (χ3v) is 6.79. The van der Waals surface area contributed by atoms with Crippen molar-refractivity contribution >= 4 is 38.8 Å². The number of rotatable bonds is 4. The summed E-state index contributed by atoms with van der Waals surface area (Å²) < 4.78 is 2.66. The van der Waals surface area contributed by atoms with Crippen LogP contribution in [0.15, 0.2) is 67.0 Å². The van der Waals surface area contributed by atoms with Crippen molar-refractivity contribution in [3.8, 4) is 23.0 Å². The molecule has 0 aliphatic carbocycles. The fourth-order valence-corrected chi connectivity index (χ4v) is 5.21. The van der Waals surface area contributed by atoms with E-state index in [0.29, 0.717) is 5.65 Å².